The molecule has 0 saturated carbocycles. The van der Waals surface area contributed by atoms with Gasteiger partial charge in [-0.3, -0.25) is 9.59 Å². The van der Waals surface area contributed by atoms with Gasteiger partial charge in [-0.1, -0.05) is 11.3 Å². The van der Waals surface area contributed by atoms with Gasteiger partial charge in [-0.2, -0.15) is 0 Å². The summed E-state index contributed by atoms with van der Waals surface area (Å²) in [5.74, 6) is -0.180. The van der Waals surface area contributed by atoms with Gasteiger partial charge in [-0.15, -0.1) is 0 Å². The Hall–Kier alpha value is -2.28. The molecule has 100 valence electrons. The predicted molar refractivity (Wildman–Crippen MR) is 76.5 cm³/mol. The number of carbonyl (C=O) groups is 1. The number of aromatic amines is 1. The average Bonchev–Trinajstić information content (AvgIpc) is 2.82. The lowest BCUT2D eigenvalue weighted by Crippen LogP contribution is -2.18. The Morgan fingerprint density at radius 2 is 2.26 bits per heavy atom. The second-order valence-corrected chi connectivity index (χ2v) is 4.75. The van der Waals surface area contributed by atoms with E-state index in [1.165, 1.54) is 0 Å². The van der Waals surface area contributed by atoms with Crippen LogP contribution in [0.3, 0.4) is 0 Å². The Morgan fingerprint density at radius 3 is 2.84 bits per heavy atom. The Balaban J connectivity index is 2.09. The molecule has 1 aromatic carbocycles. The van der Waals surface area contributed by atoms with Crippen molar-refractivity contribution in [1.29, 1.82) is 0 Å². The third-order valence-electron chi connectivity index (χ3n) is 2.58. The number of benzene rings is 1. The lowest BCUT2D eigenvalue weighted by atomic mass is 10.1. The Morgan fingerprint density at radius 1 is 1.47 bits per heavy atom. The van der Waals surface area contributed by atoms with Gasteiger partial charge in [0.1, 0.15) is 0 Å². The standard InChI is InChI=1S/C12H14N4O2S/c1-14-11(17)7-2-3-10(9(13)4-7)15-5-8-6-19-12(18)16-8/h2-4,6,15H,5,13H2,1H3,(H,14,17)(H,16,18). The van der Waals surface area contributed by atoms with E-state index in [1.54, 1.807) is 30.6 Å². The van der Waals surface area contributed by atoms with Crippen LogP contribution in [-0.2, 0) is 6.54 Å². The first-order valence-electron chi connectivity index (χ1n) is 5.62. The molecule has 0 radical (unpaired) electrons. The maximum Gasteiger partial charge on any atom is 0.304 e. The molecular formula is C12H14N4O2S. The van der Waals surface area contributed by atoms with Gasteiger partial charge in [0, 0.05) is 23.7 Å². The Kier molecular flexibility index (Phi) is 3.86. The van der Waals surface area contributed by atoms with Crippen LogP contribution in [0.2, 0.25) is 0 Å². The zero-order chi connectivity index (χ0) is 13.8. The fraction of sp³-hybridized carbons (Fsp3) is 0.167. The van der Waals surface area contributed by atoms with Gasteiger partial charge in [0.05, 0.1) is 17.9 Å². The molecule has 0 spiro atoms. The number of nitrogen functional groups attached to an aromatic ring is 1. The zero-order valence-corrected chi connectivity index (χ0v) is 11.1. The molecule has 7 heteroatoms. The molecule has 19 heavy (non-hydrogen) atoms. The van der Waals surface area contributed by atoms with Crippen molar-refractivity contribution in [2.75, 3.05) is 18.1 Å². The summed E-state index contributed by atoms with van der Waals surface area (Å²) < 4.78 is 0. The number of carbonyl (C=O) groups excluding carboxylic acids is 1. The molecule has 0 aliphatic heterocycles. The van der Waals surface area contributed by atoms with Crippen LogP contribution in [0.1, 0.15) is 16.1 Å². The molecule has 0 fully saturated rings. The summed E-state index contributed by atoms with van der Waals surface area (Å²) in [5, 5.41) is 7.40. The number of thiazole rings is 1. The summed E-state index contributed by atoms with van der Waals surface area (Å²) >= 11 is 1.12. The minimum absolute atomic E-state index is 0.0836. The fourth-order valence-corrected chi connectivity index (χ4v) is 2.18. The van der Waals surface area contributed by atoms with Crippen LogP contribution in [0.15, 0.2) is 28.4 Å². The number of nitrogens with one attached hydrogen (secondary N) is 3. The quantitative estimate of drug-likeness (QED) is 0.627. The maximum absolute atomic E-state index is 11.4. The summed E-state index contributed by atoms with van der Waals surface area (Å²) in [6.07, 6.45) is 0. The highest BCUT2D eigenvalue weighted by atomic mass is 32.1. The molecule has 5 N–H and O–H groups in total. The molecule has 0 atom stereocenters. The van der Waals surface area contributed by atoms with Crippen molar-refractivity contribution in [3.8, 4) is 0 Å². The molecule has 2 aromatic rings. The van der Waals surface area contributed by atoms with Crippen LogP contribution in [0, 0.1) is 0 Å². The van der Waals surface area contributed by atoms with Crippen LogP contribution < -0.4 is 21.2 Å². The summed E-state index contributed by atoms with van der Waals surface area (Å²) in [7, 11) is 1.57. The number of aromatic nitrogens is 1. The molecule has 0 bridgehead atoms. The Labute approximate surface area is 113 Å². The van der Waals surface area contributed by atoms with Gasteiger partial charge in [0.2, 0.25) is 0 Å². The normalized spacial score (nSPS) is 10.2. The lowest BCUT2D eigenvalue weighted by molar-refractivity contribution is 0.0963. The second-order valence-electron chi connectivity index (χ2n) is 3.91. The van der Waals surface area contributed by atoms with E-state index in [1.807, 2.05) is 0 Å². The van der Waals surface area contributed by atoms with E-state index in [9.17, 15) is 9.59 Å². The van der Waals surface area contributed by atoms with Gasteiger partial charge >= 0.3 is 4.87 Å². The number of nitrogens with two attached hydrogens (primary N) is 1. The van der Waals surface area contributed by atoms with E-state index in [-0.39, 0.29) is 10.8 Å². The molecule has 0 saturated heterocycles. The third kappa shape index (κ3) is 3.14. The molecule has 2 rings (SSSR count). The van der Waals surface area contributed by atoms with E-state index < -0.39 is 0 Å². The highest BCUT2D eigenvalue weighted by molar-refractivity contribution is 7.07. The molecule has 1 amide bonds. The number of hydrogen-bond donors (Lipinski definition) is 4. The second kappa shape index (κ2) is 5.57. The summed E-state index contributed by atoms with van der Waals surface area (Å²) in [5.41, 5.74) is 8.38. The number of rotatable bonds is 4. The van der Waals surface area contributed by atoms with Gasteiger partial charge in [-0.05, 0) is 18.2 Å². The minimum Gasteiger partial charge on any atom is -0.397 e. The molecule has 6 nitrogen and oxygen atoms in total. The summed E-state index contributed by atoms with van der Waals surface area (Å²) in [6, 6.07) is 5.04. The van der Waals surface area contributed by atoms with Crippen molar-refractivity contribution in [3.05, 3.63) is 44.5 Å². The maximum atomic E-state index is 11.4. The average molecular weight is 278 g/mol. The first kappa shape index (κ1) is 13.2. The van der Waals surface area contributed by atoms with Gasteiger partial charge in [-0.25, -0.2) is 0 Å². The van der Waals surface area contributed by atoms with Crippen LogP contribution in [-0.4, -0.2) is 17.9 Å². The van der Waals surface area contributed by atoms with Crippen molar-refractivity contribution >= 4 is 28.6 Å². The minimum atomic E-state index is -0.180. The van der Waals surface area contributed by atoms with Crippen molar-refractivity contribution in [2.24, 2.45) is 0 Å². The largest absolute Gasteiger partial charge is 0.397 e. The Bertz CT molecular complexity index is 647. The molecule has 1 aromatic heterocycles. The highest BCUT2D eigenvalue weighted by Crippen LogP contribution is 2.20. The monoisotopic (exact) mass is 278 g/mol. The smallest absolute Gasteiger partial charge is 0.304 e. The molecule has 0 unspecified atom stereocenters. The van der Waals surface area contributed by atoms with E-state index in [4.69, 9.17) is 5.73 Å². The van der Waals surface area contributed by atoms with Gasteiger partial charge < -0.3 is 21.4 Å². The molecular weight excluding hydrogens is 264 g/mol. The van der Waals surface area contributed by atoms with Gasteiger partial charge in [0.25, 0.3) is 5.91 Å². The predicted octanol–water partition coefficient (Wildman–Crippen LogP) is 0.990. The molecule has 0 aliphatic rings. The SMILES string of the molecule is CNC(=O)c1ccc(NCc2csc(=O)[nH]2)c(N)c1. The highest BCUT2D eigenvalue weighted by Gasteiger charge is 2.06. The van der Waals surface area contributed by atoms with Crippen molar-refractivity contribution in [1.82, 2.24) is 10.3 Å². The summed E-state index contributed by atoms with van der Waals surface area (Å²) in [4.78, 5) is 25.0. The van der Waals surface area contributed by atoms with E-state index >= 15 is 0 Å². The number of H-pyrrole nitrogens is 1. The van der Waals surface area contributed by atoms with Crippen LogP contribution >= 0.6 is 11.3 Å². The number of hydrogen-bond acceptors (Lipinski definition) is 5. The van der Waals surface area contributed by atoms with Crippen LogP contribution in [0.25, 0.3) is 0 Å². The third-order valence-corrected chi connectivity index (χ3v) is 3.30. The first-order valence-corrected chi connectivity index (χ1v) is 6.50. The van der Waals surface area contributed by atoms with Crippen LogP contribution in [0.5, 0.6) is 0 Å². The van der Waals surface area contributed by atoms with Crippen LogP contribution in [0.4, 0.5) is 11.4 Å². The number of amides is 1. The lowest BCUT2D eigenvalue weighted by Gasteiger charge is -2.09. The number of anilines is 2. The van der Waals surface area contributed by atoms with E-state index in [0.29, 0.717) is 17.8 Å². The molecule has 1 heterocycles. The topological polar surface area (TPSA) is 100 Å². The van der Waals surface area contributed by atoms with E-state index in [0.717, 1.165) is 22.7 Å². The van der Waals surface area contributed by atoms with Gasteiger partial charge in [0.15, 0.2) is 0 Å². The van der Waals surface area contributed by atoms with Crippen molar-refractivity contribution in [2.45, 2.75) is 6.54 Å². The van der Waals surface area contributed by atoms with E-state index in [2.05, 4.69) is 15.6 Å². The van der Waals surface area contributed by atoms with Crippen molar-refractivity contribution < 1.29 is 4.79 Å². The molecule has 0 aliphatic carbocycles. The zero-order valence-electron chi connectivity index (χ0n) is 10.3. The first-order chi connectivity index (χ1) is 9.10. The fourth-order valence-electron chi connectivity index (χ4n) is 1.60. The van der Waals surface area contributed by atoms with Crippen molar-refractivity contribution in [3.63, 3.8) is 0 Å². The summed E-state index contributed by atoms with van der Waals surface area (Å²) in [6.45, 7) is 0.474.